The van der Waals surface area contributed by atoms with Crippen molar-refractivity contribution in [3.8, 4) is 0 Å². The molecule has 4 nitrogen and oxygen atoms in total. The van der Waals surface area contributed by atoms with E-state index < -0.39 is 11.8 Å². The Labute approximate surface area is 132 Å². The lowest BCUT2D eigenvalue weighted by Gasteiger charge is -2.14. The van der Waals surface area contributed by atoms with E-state index in [9.17, 15) is 9.18 Å². The minimum Gasteiger partial charge on any atom is -0.370 e. The summed E-state index contributed by atoms with van der Waals surface area (Å²) in [5, 5.41) is 0.513. The van der Waals surface area contributed by atoms with Crippen LogP contribution in [-0.4, -0.2) is 11.9 Å². The van der Waals surface area contributed by atoms with E-state index in [1.165, 1.54) is 12.1 Å². The second-order valence-corrected chi connectivity index (χ2v) is 5.25. The van der Waals surface area contributed by atoms with Gasteiger partial charge in [-0.2, -0.15) is 4.99 Å². The number of nitrogens with two attached hydrogens (primary N) is 2. The molecule has 22 heavy (non-hydrogen) atoms. The van der Waals surface area contributed by atoms with Crippen LogP contribution in [0.4, 0.5) is 4.39 Å². The zero-order valence-electron chi connectivity index (χ0n) is 11.7. The molecule has 6 heteroatoms. The molecule has 0 bridgehead atoms. The standard InChI is InChI=1S/C16H15ClFN3O/c17-12-3-1-2-11(9-12)14(15(22)21-16(19)20)8-10-4-6-13(18)7-5-10/h1-7,9,14H,8H2,(H4,19,20,21,22)/t14-/m1/s1. The number of rotatable bonds is 4. The van der Waals surface area contributed by atoms with Crippen LogP contribution in [0.5, 0.6) is 0 Å². The fourth-order valence-corrected chi connectivity index (χ4v) is 2.33. The summed E-state index contributed by atoms with van der Waals surface area (Å²) < 4.78 is 13.0. The van der Waals surface area contributed by atoms with Gasteiger partial charge in [0.2, 0.25) is 0 Å². The summed E-state index contributed by atoms with van der Waals surface area (Å²) in [5.74, 6) is -1.69. The van der Waals surface area contributed by atoms with Gasteiger partial charge < -0.3 is 11.5 Å². The fourth-order valence-electron chi connectivity index (χ4n) is 2.13. The number of amides is 1. The predicted octanol–water partition coefficient (Wildman–Crippen LogP) is 2.61. The zero-order chi connectivity index (χ0) is 16.1. The van der Waals surface area contributed by atoms with Crippen molar-refractivity contribution in [2.75, 3.05) is 0 Å². The molecule has 0 aromatic heterocycles. The number of carbonyl (C=O) groups is 1. The molecule has 0 saturated heterocycles. The van der Waals surface area contributed by atoms with Crippen molar-refractivity contribution < 1.29 is 9.18 Å². The highest BCUT2D eigenvalue weighted by molar-refractivity contribution is 6.30. The van der Waals surface area contributed by atoms with Crippen molar-refractivity contribution in [1.29, 1.82) is 0 Å². The Morgan fingerprint density at radius 1 is 1.18 bits per heavy atom. The molecular formula is C16H15ClFN3O. The number of halogens is 2. The molecule has 0 spiro atoms. The summed E-state index contributed by atoms with van der Waals surface area (Å²) in [6.07, 6.45) is 0.343. The van der Waals surface area contributed by atoms with Crippen molar-refractivity contribution >= 4 is 23.5 Å². The minimum absolute atomic E-state index is 0.295. The first-order valence-corrected chi connectivity index (χ1v) is 6.97. The number of guanidine groups is 1. The van der Waals surface area contributed by atoms with Crippen molar-refractivity contribution in [1.82, 2.24) is 0 Å². The number of aliphatic imine (C=N–C) groups is 1. The molecule has 1 atom stereocenters. The Morgan fingerprint density at radius 2 is 1.86 bits per heavy atom. The average Bonchev–Trinajstić information content (AvgIpc) is 2.45. The highest BCUT2D eigenvalue weighted by Crippen LogP contribution is 2.25. The van der Waals surface area contributed by atoms with E-state index in [0.717, 1.165) is 5.56 Å². The summed E-state index contributed by atoms with van der Waals surface area (Å²) in [7, 11) is 0. The third-order valence-corrected chi connectivity index (χ3v) is 3.38. The van der Waals surface area contributed by atoms with E-state index in [1.807, 2.05) is 0 Å². The molecule has 4 N–H and O–H groups in total. The smallest absolute Gasteiger partial charge is 0.256 e. The van der Waals surface area contributed by atoms with Gasteiger partial charge in [0.25, 0.3) is 5.91 Å². The van der Waals surface area contributed by atoms with Gasteiger partial charge in [0, 0.05) is 5.02 Å². The Balaban J connectivity index is 2.35. The summed E-state index contributed by atoms with van der Waals surface area (Å²) >= 11 is 5.98. The van der Waals surface area contributed by atoms with Crippen LogP contribution in [0.25, 0.3) is 0 Å². The van der Waals surface area contributed by atoms with Crippen LogP contribution in [0.15, 0.2) is 53.5 Å². The molecule has 0 heterocycles. The minimum atomic E-state index is -0.591. The summed E-state index contributed by atoms with van der Waals surface area (Å²) in [5.41, 5.74) is 12.1. The van der Waals surface area contributed by atoms with Gasteiger partial charge in [-0.3, -0.25) is 4.79 Å². The maximum atomic E-state index is 13.0. The lowest BCUT2D eigenvalue weighted by molar-refractivity contribution is -0.119. The van der Waals surface area contributed by atoms with E-state index in [4.69, 9.17) is 23.1 Å². The number of benzene rings is 2. The molecule has 2 aromatic carbocycles. The Morgan fingerprint density at radius 3 is 2.45 bits per heavy atom. The molecule has 0 fully saturated rings. The maximum absolute atomic E-state index is 13.0. The van der Waals surface area contributed by atoms with Gasteiger partial charge in [-0.15, -0.1) is 0 Å². The average molecular weight is 320 g/mol. The van der Waals surface area contributed by atoms with Crippen molar-refractivity contribution in [3.05, 3.63) is 70.5 Å². The normalized spacial score (nSPS) is 11.7. The van der Waals surface area contributed by atoms with Gasteiger partial charge in [-0.1, -0.05) is 35.9 Å². The van der Waals surface area contributed by atoms with Crippen LogP contribution >= 0.6 is 11.6 Å². The highest BCUT2D eigenvalue weighted by Gasteiger charge is 2.21. The zero-order valence-corrected chi connectivity index (χ0v) is 12.4. The van der Waals surface area contributed by atoms with E-state index in [2.05, 4.69) is 4.99 Å². The monoisotopic (exact) mass is 319 g/mol. The van der Waals surface area contributed by atoms with Gasteiger partial charge >= 0.3 is 0 Å². The molecular weight excluding hydrogens is 305 g/mol. The maximum Gasteiger partial charge on any atom is 0.256 e. The molecule has 0 aliphatic carbocycles. The summed E-state index contributed by atoms with van der Waals surface area (Å²) in [6.45, 7) is 0. The van der Waals surface area contributed by atoms with Gasteiger partial charge in [0.15, 0.2) is 5.96 Å². The molecule has 2 aromatic rings. The third-order valence-electron chi connectivity index (χ3n) is 3.14. The molecule has 2 rings (SSSR count). The summed E-state index contributed by atoms with van der Waals surface area (Å²) in [4.78, 5) is 15.9. The van der Waals surface area contributed by atoms with Crippen LogP contribution < -0.4 is 11.5 Å². The molecule has 0 aliphatic heterocycles. The van der Waals surface area contributed by atoms with Gasteiger partial charge in [-0.05, 0) is 41.8 Å². The fraction of sp³-hybridized carbons (Fsp3) is 0.125. The van der Waals surface area contributed by atoms with Gasteiger partial charge in [-0.25, -0.2) is 4.39 Å². The third kappa shape index (κ3) is 4.30. The SMILES string of the molecule is NC(N)=NC(=O)[C@H](Cc1ccc(F)cc1)c1cccc(Cl)c1. The molecule has 0 saturated carbocycles. The van der Waals surface area contributed by atoms with Crippen molar-refractivity contribution in [2.45, 2.75) is 12.3 Å². The van der Waals surface area contributed by atoms with Crippen LogP contribution in [0, 0.1) is 5.82 Å². The molecule has 1 amide bonds. The number of carbonyl (C=O) groups excluding carboxylic acids is 1. The van der Waals surface area contributed by atoms with Crippen LogP contribution in [0.2, 0.25) is 5.02 Å². The van der Waals surface area contributed by atoms with Crippen molar-refractivity contribution in [2.24, 2.45) is 16.5 Å². The van der Waals surface area contributed by atoms with E-state index >= 15 is 0 Å². The van der Waals surface area contributed by atoms with Crippen molar-refractivity contribution in [3.63, 3.8) is 0 Å². The number of nitrogens with zero attached hydrogens (tertiary/aromatic N) is 1. The second-order valence-electron chi connectivity index (χ2n) is 4.81. The van der Waals surface area contributed by atoms with Gasteiger partial charge in [0.05, 0.1) is 5.92 Å². The highest BCUT2D eigenvalue weighted by atomic mass is 35.5. The largest absolute Gasteiger partial charge is 0.370 e. The lowest BCUT2D eigenvalue weighted by atomic mass is 9.91. The van der Waals surface area contributed by atoms with E-state index in [1.54, 1.807) is 36.4 Å². The lowest BCUT2D eigenvalue weighted by Crippen LogP contribution is -2.26. The van der Waals surface area contributed by atoms with Crippen LogP contribution in [0.3, 0.4) is 0 Å². The molecule has 0 aliphatic rings. The second kappa shape index (κ2) is 7.04. The first-order chi connectivity index (χ1) is 10.5. The molecule has 0 unspecified atom stereocenters. The van der Waals surface area contributed by atoms with Gasteiger partial charge in [0.1, 0.15) is 5.82 Å². The Kier molecular flexibility index (Phi) is 5.12. The molecule has 0 radical (unpaired) electrons. The predicted molar refractivity (Wildman–Crippen MR) is 85.1 cm³/mol. The summed E-state index contributed by atoms with van der Waals surface area (Å²) in [6, 6.07) is 12.9. The first kappa shape index (κ1) is 16.0. The molecule has 114 valence electrons. The first-order valence-electron chi connectivity index (χ1n) is 6.59. The number of hydrogen-bond donors (Lipinski definition) is 2. The number of hydrogen-bond acceptors (Lipinski definition) is 1. The van der Waals surface area contributed by atoms with Crippen LogP contribution in [-0.2, 0) is 11.2 Å². The van der Waals surface area contributed by atoms with E-state index in [-0.39, 0.29) is 11.8 Å². The quantitative estimate of drug-likeness (QED) is 0.671. The Hall–Kier alpha value is -2.40. The van der Waals surface area contributed by atoms with Crippen LogP contribution in [0.1, 0.15) is 17.0 Å². The Bertz CT molecular complexity index is 697. The topological polar surface area (TPSA) is 81.5 Å². The van der Waals surface area contributed by atoms with E-state index in [0.29, 0.717) is 17.0 Å².